The largest absolute Gasteiger partial charge is 0.243 e. The van der Waals surface area contributed by atoms with E-state index in [1.807, 2.05) is 0 Å². The average molecular weight is 403 g/mol. The van der Waals surface area contributed by atoms with Gasteiger partial charge in [-0.05, 0) is 41.1 Å². The molecule has 20 heavy (non-hydrogen) atoms. The molecule has 2 rings (SSSR count). The van der Waals surface area contributed by atoms with Gasteiger partial charge in [-0.3, -0.25) is 0 Å². The third-order valence-corrected chi connectivity index (χ3v) is 8.13. The number of nitrogens with zero attached hydrogens (tertiary/aromatic N) is 1. The Bertz CT molecular complexity index is 733. The minimum atomic E-state index is -3.72. The second kappa shape index (κ2) is 5.57. The van der Waals surface area contributed by atoms with E-state index in [-0.39, 0.29) is 22.9 Å². The molecule has 0 radical (unpaired) electrons. The zero-order chi connectivity index (χ0) is 15.1. The lowest BCUT2D eigenvalue weighted by molar-refractivity contribution is 0.357. The summed E-state index contributed by atoms with van der Waals surface area (Å²) in [6, 6.07) is 3.75. The van der Waals surface area contributed by atoms with Gasteiger partial charge in [0, 0.05) is 17.1 Å². The van der Waals surface area contributed by atoms with Crippen LogP contribution in [0.4, 0.5) is 0 Å². The Kier molecular flexibility index (Phi) is 4.52. The van der Waals surface area contributed by atoms with Crippen molar-refractivity contribution in [2.45, 2.75) is 17.9 Å². The van der Waals surface area contributed by atoms with Crippen LogP contribution in [0.2, 0.25) is 5.02 Å². The Hall–Kier alpha value is -0.150. The molecule has 1 unspecified atom stereocenters. The molecule has 0 aliphatic carbocycles. The first-order valence-corrected chi connectivity index (χ1v) is 10.2. The third kappa shape index (κ3) is 3.19. The number of benzene rings is 1. The van der Waals surface area contributed by atoms with Crippen LogP contribution < -0.4 is 0 Å². The van der Waals surface area contributed by atoms with Crippen molar-refractivity contribution in [2.24, 2.45) is 0 Å². The Labute approximate surface area is 132 Å². The highest BCUT2D eigenvalue weighted by atomic mass is 79.9. The number of hydrogen-bond acceptors (Lipinski definition) is 4. The molecule has 0 aromatic heterocycles. The van der Waals surface area contributed by atoms with E-state index in [2.05, 4.69) is 15.9 Å². The molecule has 5 nitrogen and oxygen atoms in total. The molecule has 1 aromatic rings. The van der Waals surface area contributed by atoms with Gasteiger partial charge in [0.25, 0.3) is 0 Å². The minimum Gasteiger partial charge on any atom is -0.229 e. The first-order chi connectivity index (χ1) is 9.13. The number of sulfone groups is 1. The van der Waals surface area contributed by atoms with Crippen molar-refractivity contribution in [3.8, 4) is 0 Å². The van der Waals surface area contributed by atoms with Gasteiger partial charge in [0.2, 0.25) is 10.0 Å². The SMILES string of the molecule is CC1CS(=O)(=O)CCN1S(=O)(=O)c1ccc(Cl)c(Br)c1. The van der Waals surface area contributed by atoms with Crippen molar-refractivity contribution < 1.29 is 16.8 Å². The predicted molar refractivity (Wildman–Crippen MR) is 81.2 cm³/mol. The molecule has 1 heterocycles. The molecule has 0 N–H and O–H groups in total. The monoisotopic (exact) mass is 401 g/mol. The quantitative estimate of drug-likeness (QED) is 0.757. The molecule has 0 saturated carbocycles. The Morgan fingerprint density at radius 2 is 2.05 bits per heavy atom. The zero-order valence-electron chi connectivity index (χ0n) is 10.6. The number of hydrogen-bond donors (Lipinski definition) is 0. The Morgan fingerprint density at radius 3 is 2.60 bits per heavy atom. The molecule has 112 valence electrons. The molecule has 1 atom stereocenters. The molecule has 0 bridgehead atoms. The Morgan fingerprint density at radius 1 is 1.40 bits per heavy atom. The number of sulfonamides is 1. The second-order valence-electron chi connectivity index (χ2n) is 4.66. The van der Waals surface area contributed by atoms with Gasteiger partial charge in [0.05, 0.1) is 21.4 Å². The predicted octanol–water partition coefficient (Wildman–Crippen LogP) is 1.91. The fourth-order valence-electron chi connectivity index (χ4n) is 2.11. The Balaban J connectivity index is 2.38. The summed E-state index contributed by atoms with van der Waals surface area (Å²) >= 11 is 9.03. The molecule has 1 aliphatic heterocycles. The molecule has 1 fully saturated rings. The molecule has 1 saturated heterocycles. The fraction of sp³-hybridized carbons (Fsp3) is 0.455. The summed E-state index contributed by atoms with van der Waals surface area (Å²) in [5.74, 6) is -0.299. The van der Waals surface area contributed by atoms with Crippen molar-refractivity contribution in [1.82, 2.24) is 4.31 Å². The highest BCUT2D eigenvalue weighted by Gasteiger charge is 2.36. The topological polar surface area (TPSA) is 71.5 Å². The molecule has 1 aromatic carbocycles. The number of halogens is 2. The van der Waals surface area contributed by atoms with E-state index in [0.717, 1.165) is 0 Å². The third-order valence-electron chi connectivity index (χ3n) is 3.11. The van der Waals surface area contributed by atoms with Crippen molar-refractivity contribution >= 4 is 47.4 Å². The van der Waals surface area contributed by atoms with Gasteiger partial charge >= 0.3 is 0 Å². The minimum absolute atomic E-state index is 0.0217. The lowest BCUT2D eigenvalue weighted by Crippen LogP contribution is -2.49. The maximum atomic E-state index is 12.5. The summed E-state index contributed by atoms with van der Waals surface area (Å²) in [6.45, 7) is 1.57. The van der Waals surface area contributed by atoms with Gasteiger partial charge in [-0.2, -0.15) is 4.31 Å². The molecule has 1 aliphatic rings. The van der Waals surface area contributed by atoms with Crippen LogP contribution in [0.15, 0.2) is 27.6 Å². The summed E-state index contributed by atoms with van der Waals surface area (Å²) in [6.07, 6.45) is 0. The standard InChI is InChI=1S/C11H13BrClNO4S2/c1-8-7-19(15,16)5-4-14(8)20(17,18)9-2-3-11(13)10(12)6-9/h2-3,6,8H,4-5,7H2,1H3. The molecule has 9 heteroatoms. The summed E-state index contributed by atoms with van der Waals surface area (Å²) < 4.78 is 49.8. The van der Waals surface area contributed by atoms with Crippen LogP contribution in [-0.4, -0.2) is 45.2 Å². The van der Waals surface area contributed by atoms with E-state index in [9.17, 15) is 16.8 Å². The first kappa shape index (κ1) is 16.2. The fourth-order valence-corrected chi connectivity index (χ4v) is 6.19. The van der Waals surface area contributed by atoms with E-state index >= 15 is 0 Å². The van der Waals surface area contributed by atoms with Crippen LogP contribution in [0, 0.1) is 0 Å². The highest BCUT2D eigenvalue weighted by Crippen LogP contribution is 2.28. The van der Waals surface area contributed by atoms with Crippen LogP contribution in [0.3, 0.4) is 0 Å². The van der Waals surface area contributed by atoms with E-state index in [1.165, 1.54) is 22.5 Å². The molecular formula is C11H13BrClNO4S2. The van der Waals surface area contributed by atoms with Crippen LogP contribution >= 0.6 is 27.5 Å². The maximum Gasteiger partial charge on any atom is 0.243 e. The zero-order valence-corrected chi connectivity index (χ0v) is 14.6. The summed E-state index contributed by atoms with van der Waals surface area (Å²) in [5.41, 5.74) is 0. The molecule has 0 amide bonds. The summed E-state index contributed by atoms with van der Waals surface area (Å²) in [4.78, 5) is 0.0972. The normalized spacial score (nSPS) is 23.6. The molecular weight excluding hydrogens is 390 g/mol. The lowest BCUT2D eigenvalue weighted by Gasteiger charge is -2.32. The van der Waals surface area contributed by atoms with Gasteiger partial charge < -0.3 is 0 Å². The van der Waals surface area contributed by atoms with E-state index in [0.29, 0.717) is 9.50 Å². The van der Waals surface area contributed by atoms with Crippen LogP contribution in [-0.2, 0) is 19.9 Å². The van der Waals surface area contributed by atoms with Crippen LogP contribution in [0.25, 0.3) is 0 Å². The van der Waals surface area contributed by atoms with Crippen molar-refractivity contribution in [3.63, 3.8) is 0 Å². The van der Waals surface area contributed by atoms with Crippen LogP contribution in [0.5, 0.6) is 0 Å². The summed E-state index contributed by atoms with van der Waals surface area (Å²) in [5, 5.41) is 0.415. The maximum absolute atomic E-state index is 12.5. The van der Waals surface area contributed by atoms with Gasteiger partial charge in [0.15, 0.2) is 9.84 Å². The van der Waals surface area contributed by atoms with Crippen molar-refractivity contribution in [1.29, 1.82) is 0 Å². The number of rotatable bonds is 2. The van der Waals surface area contributed by atoms with E-state index in [4.69, 9.17) is 11.6 Å². The highest BCUT2D eigenvalue weighted by molar-refractivity contribution is 9.10. The van der Waals surface area contributed by atoms with Crippen LogP contribution in [0.1, 0.15) is 6.92 Å². The van der Waals surface area contributed by atoms with Gasteiger partial charge in [0.1, 0.15) is 0 Å². The van der Waals surface area contributed by atoms with Crippen molar-refractivity contribution in [3.05, 3.63) is 27.7 Å². The second-order valence-corrected chi connectivity index (χ2v) is 10.0. The summed E-state index contributed by atoms with van der Waals surface area (Å²) in [7, 11) is -6.88. The van der Waals surface area contributed by atoms with E-state index < -0.39 is 25.9 Å². The average Bonchev–Trinajstić information content (AvgIpc) is 2.30. The van der Waals surface area contributed by atoms with Crippen molar-refractivity contribution in [2.75, 3.05) is 18.1 Å². The van der Waals surface area contributed by atoms with E-state index in [1.54, 1.807) is 6.92 Å². The van der Waals surface area contributed by atoms with Gasteiger partial charge in [-0.1, -0.05) is 11.6 Å². The van der Waals surface area contributed by atoms with Gasteiger partial charge in [-0.15, -0.1) is 0 Å². The smallest absolute Gasteiger partial charge is 0.229 e. The first-order valence-electron chi connectivity index (χ1n) is 5.81. The van der Waals surface area contributed by atoms with Gasteiger partial charge in [-0.25, -0.2) is 16.8 Å². The molecule has 0 spiro atoms. The lowest BCUT2D eigenvalue weighted by atomic mass is 10.4.